The first-order chi connectivity index (χ1) is 12.9. The van der Waals surface area contributed by atoms with Gasteiger partial charge in [0.25, 0.3) is 0 Å². The summed E-state index contributed by atoms with van der Waals surface area (Å²) < 4.78 is 5.48. The van der Waals surface area contributed by atoms with Crippen molar-refractivity contribution >= 4 is 11.8 Å². The van der Waals surface area contributed by atoms with Gasteiger partial charge in [0, 0.05) is 5.56 Å². The molecule has 2 rings (SSSR count). The molecule has 0 saturated carbocycles. The molecule has 0 aromatic heterocycles. The van der Waals surface area contributed by atoms with Crippen LogP contribution in [0.25, 0.3) is 0 Å². The number of unbranched alkanes of at least 4 members (excludes halogenated alkanes) is 2. The van der Waals surface area contributed by atoms with E-state index in [1.54, 1.807) is 0 Å². The number of ketones is 1. The average molecular weight is 367 g/mol. The quantitative estimate of drug-likeness (QED) is 0.263. The molecule has 27 heavy (non-hydrogen) atoms. The van der Waals surface area contributed by atoms with Crippen molar-refractivity contribution in [3.63, 3.8) is 0 Å². The molecule has 0 heterocycles. The molecule has 144 valence electrons. The van der Waals surface area contributed by atoms with Crippen LogP contribution in [0.4, 0.5) is 0 Å². The number of ether oxygens (including phenoxy) is 1. The second-order valence-corrected chi connectivity index (χ2v) is 7.22. The minimum atomic E-state index is -0.924. The van der Waals surface area contributed by atoms with Gasteiger partial charge in [-0.3, -0.25) is 9.59 Å². The van der Waals surface area contributed by atoms with E-state index < -0.39 is 11.9 Å². The predicted octanol–water partition coefficient (Wildman–Crippen LogP) is 5.62. The highest BCUT2D eigenvalue weighted by atomic mass is 16.5. The van der Waals surface area contributed by atoms with Gasteiger partial charge < -0.3 is 4.74 Å². The minimum Gasteiger partial charge on any atom is -0.465 e. The van der Waals surface area contributed by atoms with Crippen LogP contribution >= 0.6 is 0 Å². The smallest absolute Gasteiger partial charge is 0.321 e. The van der Waals surface area contributed by atoms with Gasteiger partial charge in [0.15, 0.2) is 5.78 Å². The Morgan fingerprint density at radius 2 is 1.59 bits per heavy atom. The van der Waals surface area contributed by atoms with Gasteiger partial charge in [-0.05, 0) is 61.9 Å². The van der Waals surface area contributed by atoms with Crippen LogP contribution in [-0.4, -0.2) is 18.4 Å². The molecule has 1 unspecified atom stereocenters. The van der Waals surface area contributed by atoms with E-state index in [1.807, 2.05) is 64.1 Å². The van der Waals surface area contributed by atoms with Gasteiger partial charge in [0.1, 0.15) is 5.92 Å². The third-order valence-corrected chi connectivity index (χ3v) is 5.23. The molecule has 2 aromatic carbocycles. The molecule has 0 bridgehead atoms. The fourth-order valence-electron chi connectivity index (χ4n) is 3.46. The molecule has 0 amide bonds. The zero-order valence-electron chi connectivity index (χ0n) is 17.1. The Bertz CT molecular complexity index is 806. The van der Waals surface area contributed by atoms with Crippen molar-refractivity contribution < 1.29 is 14.3 Å². The number of rotatable bonds is 8. The van der Waals surface area contributed by atoms with Crippen molar-refractivity contribution in [2.24, 2.45) is 0 Å². The highest BCUT2D eigenvalue weighted by molar-refractivity contribution is 6.14. The zero-order chi connectivity index (χ0) is 20.0. The van der Waals surface area contributed by atoms with E-state index in [1.165, 1.54) is 0 Å². The predicted molar refractivity (Wildman–Crippen MR) is 109 cm³/mol. The first-order valence-corrected chi connectivity index (χ1v) is 9.71. The maximum absolute atomic E-state index is 13.5. The third kappa shape index (κ3) is 4.85. The SMILES string of the molecule is CCCCCOC(=O)C(C(=O)c1c(C)cc(C)c(C)c1C)c1ccccc1. The van der Waals surface area contributed by atoms with Gasteiger partial charge in [-0.1, -0.05) is 56.2 Å². The summed E-state index contributed by atoms with van der Waals surface area (Å²) in [5.41, 5.74) is 5.40. The summed E-state index contributed by atoms with van der Waals surface area (Å²) in [5.74, 6) is -1.56. The van der Waals surface area contributed by atoms with Crippen molar-refractivity contribution in [2.75, 3.05) is 6.61 Å². The molecular formula is C24H30O3. The zero-order valence-corrected chi connectivity index (χ0v) is 17.1. The van der Waals surface area contributed by atoms with E-state index in [4.69, 9.17) is 4.74 Å². The van der Waals surface area contributed by atoms with Gasteiger partial charge in [0.2, 0.25) is 0 Å². The lowest BCUT2D eigenvalue weighted by Gasteiger charge is -2.20. The molecule has 0 aliphatic rings. The fourth-order valence-corrected chi connectivity index (χ4v) is 3.46. The number of aryl methyl sites for hydroxylation is 2. The Kier molecular flexibility index (Phi) is 7.35. The van der Waals surface area contributed by atoms with Crippen LogP contribution in [0.1, 0.15) is 70.3 Å². The molecule has 0 radical (unpaired) electrons. The Labute approximate surface area is 162 Å². The topological polar surface area (TPSA) is 43.4 Å². The summed E-state index contributed by atoms with van der Waals surface area (Å²) in [6, 6.07) is 11.2. The molecule has 1 atom stereocenters. The second-order valence-electron chi connectivity index (χ2n) is 7.22. The van der Waals surface area contributed by atoms with E-state index in [-0.39, 0.29) is 5.78 Å². The summed E-state index contributed by atoms with van der Waals surface area (Å²) in [6.45, 7) is 10.4. The number of hydrogen-bond donors (Lipinski definition) is 0. The van der Waals surface area contributed by atoms with Crippen LogP contribution in [0, 0.1) is 27.7 Å². The maximum Gasteiger partial charge on any atom is 0.321 e. The third-order valence-electron chi connectivity index (χ3n) is 5.23. The summed E-state index contributed by atoms with van der Waals surface area (Å²) in [7, 11) is 0. The molecule has 0 N–H and O–H groups in total. The lowest BCUT2D eigenvalue weighted by molar-refractivity contribution is -0.144. The molecule has 0 fully saturated rings. The highest BCUT2D eigenvalue weighted by Gasteiger charge is 2.32. The van der Waals surface area contributed by atoms with Gasteiger partial charge >= 0.3 is 5.97 Å². The van der Waals surface area contributed by atoms with Crippen molar-refractivity contribution in [3.05, 3.63) is 69.8 Å². The Hall–Kier alpha value is -2.42. The van der Waals surface area contributed by atoms with Crippen LogP contribution in [0.2, 0.25) is 0 Å². The number of Topliss-reactive ketones (excluding diaryl/α,β-unsaturated/α-hetero) is 1. The van der Waals surface area contributed by atoms with Crippen molar-refractivity contribution in [1.82, 2.24) is 0 Å². The second kappa shape index (κ2) is 9.50. The largest absolute Gasteiger partial charge is 0.465 e. The lowest BCUT2D eigenvalue weighted by atomic mass is 9.84. The van der Waals surface area contributed by atoms with Crippen LogP contribution in [0.3, 0.4) is 0 Å². The molecule has 3 nitrogen and oxygen atoms in total. The Morgan fingerprint density at radius 3 is 2.22 bits per heavy atom. The Balaban J connectivity index is 2.41. The summed E-state index contributed by atoms with van der Waals surface area (Å²) in [5, 5.41) is 0. The lowest BCUT2D eigenvalue weighted by Crippen LogP contribution is -2.26. The number of benzene rings is 2. The first-order valence-electron chi connectivity index (χ1n) is 9.71. The van der Waals surface area contributed by atoms with Gasteiger partial charge in [0.05, 0.1) is 6.61 Å². The van der Waals surface area contributed by atoms with E-state index >= 15 is 0 Å². The van der Waals surface area contributed by atoms with Crippen LogP contribution in [0.15, 0.2) is 36.4 Å². The van der Waals surface area contributed by atoms with Crippen LogP contribution in [0.5, 0.6) is 0 Å². The molecule has 0 spiro atoms. The first kappa shape index (κ1) is 20.9. The minimum absolute atomic E-state index is 0.181. The maximum atomic E-state index is 13.5. The summed E-state index contributed by atoms with van der Waals surface area (Å²) in [4.78, 5) is 26.3. The fraction of sp³-hybridized carbons (Fsp3) is 0.417. The van der Waals surface area contributed by atoms with Gasteiger partial charge in [-0.2, -0.15) is 0 Å². The van der Waals surface area contributed by atoms with E-state index in [0.29, 0.717) is 17.7 Å². The molecule has 3 heteroatoms. The number of carbonyl (C=O) groups is 2. The molecular weight excluding hydrogens is 336 g/mol. The Morgan fingerprint density at radius 1 is 0.926 bits per heavy atom. The molecule has 0 aliphatic heterocycles. The number of carbonyl (C=O) groups excluding carboxylic acids is 2. The summed E-state index contributed by atoms with van der Waals surface area (Å²) >= 11 is 0. The van der Waals surface area contributed by atoms with E-state index in [2.05, 4.69) is 6.92 Å². The standard InChI is InChI=1S/C24H30O3/c1-6-7-11-14-27-24(26)22(20-12-9-8-10-13-20)23(25)21-17(3)15-16(2)18(4)19(21)5/h8-10,12-13,15,22H,6-7,11,14H2,1-5H3. The number of hydrogen-bond acceptors (Lipinski definition) is 3. The van der Waals surface area contributed by atoms with Gasteiger partial charge in [-0.15, -0.1) is 0 Å². The van der Waals surface area contributed by atoms with E-state index in [0.717, 1.165) is 41.5 Å². The molecule has 2 aromatic rings. The van der Waals surface area contributed by atoms with Crippen molar-refractivity contribution in [2.45, 2.75) is 59.8 Å². The van der Waals surface area contributed by atoms with E-state index in [9.17, 15) is 9.59 Å². The average Bonchev–Trinajstić information content (AvgIpc) is 2.64. The van der Waals surface area contributed by atoms with Crippen LogP contribution < -0.4 is 0 Å². The summed E-state index contributed by atoms with van der Waals surface area (Å²) in [6.07, 6.45) is 2.88. The normalized spacial score (nSPS) is 11.9. The van der Waals surface area contributed by atoms with Gasteiger partial charge in [-0.25, -0.2) is 0 Å². The number of esters is 1. The van der Waals surface area contributed by atoms with Crippen LogP contribution in [-0.2, 0) is 9.53 Å². The molecule has 0 saturated heterocycles. The monoisotopic (exact) mass is 366 g/mol. The van der Waals surface area contributed by atoms with Crippen molar-refractivity contribution in [3.8, 4) is 0 Å². The highest BCUT2D eigenvalue weighted by Crippen LogP contribution is 2.29. The molecule has 0 aliphatic carbocycles. The van der Waals surface area contributed by atoms with Crippen molar-refractivity contribution in [1.29, 1.82) is 0 Å².